The number of hydrogen-bond donors (Lipinski definition) is 2. The molecule has 0 bridgehead atoms. The molecule has 0 spiro atoms. The van der Waals surface area contributed by atoms with E-state index in [9.17, 15) is 4.79 Å². The Hall–Kier alpha value is -1.55. The van der Waals surface area contributed by atoms with Crippen LogP contribution < -0.4 is 10.6 Å². The van der Waals surface area contributed by atoms with Gasteiger partial charge in [-0.2, -0.15) is 0 Å². The molecule has 92 valence electrons. The van der Waals surface area contributed by atoms with Crippen molar-refractivity contribution in [2.75, 3.05) is 25.6 Å². The maximum Gasteiger partial charge on any atom is 0.253 e. The fourth-order valence-electron chi connectivity index (χ4n) is 2.00. The normalized spacial score (nSPS) is 16.5. The highest BCUT2D eigenvalue weighted by Crippen LogP contribution is 2.15. The van der Waals surface area contributed by atoms with Crippen molar-refractivity contribution in [3.05, 3.63) is 29.8 Å². The smallest absolute Gasteiger partial charge is 0.253 e. The summed E-state index contributed by atoms with van der Waals surface area (Å²) in [5.41, 5.74) is 1.55. The Morgan fingerprint density at radius 2 is 2.00 bits per heavy atom. The number of anilines is 1. The van der Waals surface area contributed by atoms with Gasteiger partial charge >= 0.3 is 0 Å². The summed E-state index contributed by atoms with van der Waals surface area (Å²) >= 11 is 0. The van der Waals surface area contributed by atoms with Crippen molar-refractivity contribution in [3.8, 4) is 0 Å². The van der Waals surface area contributed by atoms with Gasteiger partial charge in [-0.25, -0.2) is 0 Å². The van der Waals surface area contributed by atoms with E-state index in [1.165, 1.54) is 0 Å². The summed E-state index contributed by atoms with van der Waals surface area (Å²) < 4.78 is 5.27. The Morgan fingerprint density at radius 3 is 2.71 bits per heavy atom. The number of nitrogens with one attached hydrogen (secondary N) is 2. The van der Waals surface area contributed by atoms with Gasteiger partial charge in [-0.15, -0.1) is 0 Å². The van der Waals surface area contributed by atoms with Crippen LogP contribution in [0.4, 0.5) is 5.69 Å². The molecule has 1 fully saturated rings. The van der Waals surface area contributed by atoms with Gasteiger partial charge in [0.25, 0.3) is 5.91 Å². The molecule has 17 heavy (non-hydrogen) atoms. The number of ether oxygens (including phenoxy) is 1. The van der Waals surface area contributed by atoms with Crippen LogP contribution >= 0.6 is 0 Å². The van der Waals surface area contributed by atoms with Gasteiger partial charge in [0.05, 0.1) is 5.56 Å². The van der Waals surface area contributed by atoms with Crippen LogP contribution in [0.1, 0.15) is 23.2 Å². The topological polar surface area (TPSA) is 50.4 Å². The monoisotopic (exact) mass is 234 g/mol. The van der Waals surface area contributed by atoms with Gasteiger partial charge in [0.2, 0.25) is 0 Å². The molecule has 0 aromatic heterocycles. The molecule has 2 rings (SSSR count). The Bertz CT molecular complexity index is 387. The summed E-state index contributed by atoms with van der Waals surface area (Å²) in [7, 11) is 1.82. The van der Waals surface area contributed by atoms with Crippen LogP contribution in [0.5, 0.6) is 0 Å². The van der Waals surface area contributed by atoms with Gasteiger partial charge in [-0.05, 0) is 25.0 Å². The maximum absolute atomic E-state index is 12.1. The van der Waals surface area contributed by atoms with Gasteiger partial charge in [-0.1, -0.05) is 12.1 Å². The van der Waals surface area contributed by atoms with E-state index in [2.05, 4.69) is 10.6 Å². The Morgan fingerprint density at radius 1 is 1.29 bits per heavy atom. The minimum atomic E-state index is -0.0122. The first-order chi connectivity index (χ1) is 8.31. The molecule has 0 atom stereocenters. The third-order valence-corrected chi connectivity index (χ3v) is 3.00. The Balaban J connectivity index is 2.03. The fraction of sp³-hybridized carbons (Fsp3) is 0.462. The standard InChI is InChI=1S/C13H18N2O2/c1-14-12-5-3-2-4-11(12)13(16)15-10-6-8-17-9-7-10/h2-5,10,14H,6-9H2,1H3,(H,15,16). The number of carbonyl (C=O) groups is 1. The number of carbonyl (C=O) groups excluding carboxylic acids is 1. The third-order valence-electron chi connectivity index (χ3n) is 3.00. The van der Waals surface area contributed by atoms with Crippen molar-refractivity contribution in [2.45, 2.75) is 18.9 Å². The molecule has 1 aliphatic heterocycles. The number of hydrogen-bond acceptors (Lipinski definition) is 3. The zero-order chi connectivity index (χ0) is 12.1. The lowest BCUT2D eigenvalue weighted by atomic mass is 10.1. The molecule has 0 aliphatic carbocycles. The summed E-state index contributed by atoms with van der Waals surface area (Å²) in [6.07, 6.45) is 1.79. The molecule has 1 saturated heterocycles. The minimum absolute atomic E-state index is 0.0122. The Labute approximate surface area is 101 Å². The second kappa shape index (κ2) is 5.68. The molecule has 4 heteroatoms. The van der Waals surface area contributed by atoms with Gasteiger partial charge in [0, 0.05) is 32.0 Å². The number of para-hydroxylation sites is 1. The first-order valence-corrected chi connectivity index (χ1v) is 5.96. The number of amides is 1. The van der Waals surface area contributed by atoms with E-state index >= 15 is 0 Å². The van der Waals surface area contributed by atoms with E-state index in [1.54, 1.807) is 0 Å². The average Bonchev–Trinajstić information content (AvgIpc) is 2.40. The van der Waals surface area contributed by atoms with E-state index < -0.39 is 0 Å². The summed E-state index contributed by atoms with van der Waals surface area (Å²) in [6, 6.07) is 7.76. The van der Waals surface area contributed by atoms with Crippen LogP contribution in [0.15, 0.2) is 24.3 Å². The molecule has 1 aliphatic rings. The van der Waals surface area contributed by atoms with E-state index in [0.29, 0.717) is 5.56 Å². The summed E-state index contributed by atoms with van der Waals surface area (Å²) in [5.74, 6) is -0.0122. The predicted octanol–water partition coefficient (Wildman–Crippen LogP) is 1.64. The van der Waals surface area contributed by atoms with Gasteiger partial charge in [-0.3, -0.25) is 4.79 Å². The molecule has 0 unspecified atom stereocenters. The maximum atomic E-state index is 12.1. The highest BCUT2D eigenvalue weighted by molar-refractivity contribution is 5.99. The second-order valence-corrected chi connectivity index (χ2v) is 4.16. The van der Waals surface area contributed by atoms with Crippen LogP contribution in [0.3, 0.4) is 0 Å². The van der Waals surface area contributed by atoms with Gasteiger partial charge < -0.3 is 15.4 Å². The van der Waals surface area contributed by atoms with Crippen LogP contribution in [0.2, 0.25) is 0 Å². The molecule has 1 aromatic rings. The number of benzene rings is 1. The molecule has 1 amide bonds. The molecule has 4 nitrogen and oxygen atoms in total. The van der Waals surface area contributed by atoms with Crippen molar-refractivity contribution in [1.29, 1.82) is 0 Å². The van der Waals surface area contributed by atoms with E-state index in [0.717, 1.165) is 31.7 Å². The summed E-state index contributed by atoms with van der Waals surface area (Å²) in [5, 5.41) is 6.08. The van der Waals surface area contributed by atoms with Crippen molar-refractivity contribution < 1.29 is 9.53 Å². The van der Waals surface area contributed by atoms with Crippen LogP contribution in [0.25, 0.3) is 0 Å². The zero-order valence-electron chi connectivity index (χ0n) is 10.0. The summed E-state index contributed by atoms with van der Waals surface area (Å²) in [4.78, 5) is 12.1. The fourth-order valence-corrected chi connectivity index (χ4v) is 2.00. The van der Waals surface area contributed by atoms with Crippen molar-refractivity contribution in [2.24, 2.45) is 0 Å². The largest absolute Gasteiger partial charge is 0.387 e. The lowest BCUT2D eigenvalue weighted by Crippen LogP contribution is -2.39. The summed E-state index contributed by atoms with van der Waals surface area (Å²) in [6.45, 7) is 1.47. The van der Waals surface area contributed by atoms with Crippen LogP contribution in [-0.4, -0.2) is 32.2 Å². The van der Waals surface area contributed by atoms with Gasteiger partial charge in [0.1, 0.15) is 0 Å². The van der Waals surface area contributed by atoms with Crippen molar-refractivity contribution in [1.82, 2.24) is 5.32 Å². The quantitative estimate of drug-likeness (QED) is 0.836. The lowest BCUT2D eigenvalue weighted by Gasteiger charge is -2.23. The molecular weight excluding hydrogens is 216 g/mol. The molecule has 0 saturated carbocycles. The minimum Gasteiger partial charge on any atom is -0.387 e. The average molecular weight is 234 g/mol. The SMILES string of the molecule is CNc1ccccc1C(=O)NC1CCOCC1. The molecule has 1 heterocycles. The van der Waals surface area contributed by atoms with Crippen molar-refractivity contribution >= 4 is 11.6 Å². The predicted molar refractivity (Wildman–Crippen MR) is 67.3 cm³/mol. The Kier molecular flexibility index (Phi) is 3.98. The van der Waals surface area contributed by atoms with E-state index in [-0.39, 0.29) is 11.9 Å². The van der Waals surface area contributed by atoms with Gasteiger partial charge in [0.15, 0.2) is 0 Å². The van der Waals surface area contributed by atoms with Crippen LogP contribution in [-0.2, 0) is 4.74 Å². The first kappa shape index (κ1) is 11.9. The van der Waals surface area contributed by atoms with Crippen LogP contribution in [0, 0.1) is 0 Å². The zero-order valence-corrected chi connectivity index (χ0v) is 10.0. The third kappa shape index (κ3) is 2.97. The number of rotatable bonds is 3. The molecule has 1 aromatic carbocycles. The second-order valence-electron chi connectivity index (χ2n) is 4.16. The molecular formula is C13H18N2O2. The van der Waals surface area contributed by atoms with E-state index in [4.69, 9.17) is 4.74 Å². The highest BCUT2D eigenvalue weighted by Gasteiger charge is 2.18. The highest BCUT2D eigenvalue weighted by atomic mass is 16.5. The lowest BCUT2D eigenvalue weighted by molar-refractivity contribution is 0.0697. The first-order valence-electron chi connectivity index (χ1n) is 5.96. The van der Waals surface area contributed by atoms with Crippen molar-refractivity contribution in [3.63, 3.8) is 0 Å². The molecule has 2 N–H and O–H groups in total. The van der Waals surface area contributed by atoms with E-state index in [1.807, 2.05) is 31.3 Å². The molecule has 0 radical (unpaired) electrons.